The Bertz CT molecular complexity index is 3650. The Morgan fingerprint density at radius 2 is 0.923 bits per heavy atom. The van der Waals surface area contributed by atoms with Crippen LogP contribution in [0.3, 0.4) is 0 Å². The van der Waals surface area contributed by atoms with Crippen molar-refractivity contribution >= 4 is 49.8 Å². The standard InChI is InChI=1S/C63H45NO/c1-62(2,3)43-32-27-40(28-33-43)41-29-34-44(35-30-41)64(58-38-31-42-15-4-5-16-46(42)60(58)52-22-14-21-51-50-20-9-13-26-59(50)65-61(51)52)45-36-37-57-53(39-45)49-19-8-12-25-56(49)63(57)54-23-10-6-17-47(54)48-18-7-11-24-55(48)63/h4-39H,1-3H3. The molecule has 0 N–H and O–H groups in total. The molecule has 0 saturated heterocycles. The Labute approximate surface area is 379 Å². The van der Waals surface area contributed by atoms with Crippen molar-refractivity contribution in [3.8, 4) is 44.5 Å². The molecule has 1 heterocycles. The number of furan rings is 1. The van der Waals surface area contributed by atoms with Crippen LogP contribution in [-0.4, -0.2) is 0 Å². The summed E-state index contributed by atoms with van der Waals surface area (Å²) in [4.78, 5) is 2.47. The Balaban J connectivity index is 1.07. The van der Waals surface area contributed by atoms with E-state index in [1.807, 2.05) is 0 Å². The van der Waals surface area contributed by atoms with Crippen molar-refractivity contribution in [2.45, 2.75) is 31.6 Å². The predicted molar refractivity (Wildman–Crippen MR) is 272 cm³/mol. The molecule has 0 atom stereocenters. The number of rotatable bonds is 5. The molecule has 0 amide bonds. The van der Waals surface area contributed by atoms with Crippen LogP contribution in [0.25, 0.3) is 77.2 Å². The molecule has 11 aromatic rings. The molecule has 2 aliphatic rings. The van der Waals surface area contributed by atoms with Crippen molar-refractivity contribution in [3.05, 3.63) is 246 Å². The second-order valence-corrected chi connectivity index (χ2v) is 18.8. The van der Waals surface area contributed by atoms with Gasteiger partial charge in [0.05, 0.1) is 11.1 Å². The van der Waals surface area contributed by atoms with Crippen LogP contribution in [0.2, 0.25) is 0 Å². The molecule has 2 nitrogen and oxygen atoms in total. The molecule has 0 aliphatic heterocycles. The lowest BCUT2D eigenvalue weighted by molar-refractivity contribution is 0.590. The van der Waals surface area contributed by atoms with E-state index in [0.29, 0.717) is 0 Å². The van der Waals surface area contributed by atoms with Crippen LogP contribution >= 0.6 is 0 Å². The van der Waals surface area contributed by atoms with E-state index in [1.54, 1.807) is 0 Å². The summed E-state index contributed by atoms with van der Waals surface area (Å²) in [6.07, 6.45) is 0. The molecule has 0 bridgehead atoms. The average Bonchev–Trinajstić information content (AvgIpc) is 3.98. The van der Waals surface area contributed by atoms with Crippen LogP contribution in [0.4, 0.5) is 17.1 Å². The fourth-order valence-electron chi connectivity index (χ4n) is 11.3. The maximum Gasteiger partial charge on any atom is 0.143 e. The lowest BCUT2D eigenvalue weighted by Gasteiger charge is -2.32. The number of anilines is 3. The third-order valence-electron chi connectivity index (χ3n) is 14.3. The van der Waals surface area contributed by atoms with Gasteiger partial charge in [0, 0.05) is 33.3 Å². The summed E-state index contributed by atoms with van der Waals surface area (Å²) in [7, 11) is 0. The lowest BCUT2D eigenvalue weighted by Crippen LogP contribution is -2.25. The van der Waals surface area contributed by atoms with E-state index in [9.17, 15) is 0 Å². The maximum absolute atomic E-state index is 6.82. The van der Waals surface area contributed by atoms with Gasteiger partial charge in [0.25, 0.3) is 0 Å². The molecule has 10 aromatic carbocycles. The van der Waals surface area contributed by atoms with Crippen LogP contribution in [0.15, 0.2) is 223 Å². The molecule has 2 aliphatic carbocycles. The summed E-state index contributed by atoms with van der Waals surface area (Å²) >= 11 is 0. The smallest absolute Gasteiger partial charge is 0.143 e. The van der Waals surface area contributed by atoms with Gasteiger partial charge in [-0.25, -0.2) is 0 Å². The number of hydrogen-bond donors (Lipinski definition) is 0. The molecule has 1 spiro atoms. The average molecular weight is 832 g/mol. The number of para-hydroxylation sites is 2. The van der Waals surface area contributed by atoms with E-state index in [4.69, 9.17) is 4.42 Å². The first-order valence-electron chi connectivity index (χ1n) is 22.8. The largest absolute Gasteiger partial charge is 0.455 e. The van der Waals surface area contributed by atoms with Gasteiger partial charge in [0.2, 0.25) is 0 Å². The molecular weight excluding hydrogens is 787 g/mol. The Morgan fingerprint density at radius 1 is 0.400 bits per heavy atom. The predicted octanol–water partition coefficient (Wildman–Crippen LogP) is 17.2. The van der Waals surface area contributed by atoms with E-state index < -0.39 is 5.41 Å². The molecule has 0 saturated carbocycles. The van der Waals surface area contributed by atoms with Gasteiger partial charge < -0.3 is 9.32 Å². The molecule has 65 heavy (non-hydrogen) atoms. The monoisotopic (exact) mass is 831 g/mol. The minimum Gasteiger partial charge on any atom is -0.455 e. The highest BCUT2D eigenvalue weighted by Gasteiger charge is 2.51. The van der Waals surface area contributed by atoms with Crippen molar-refractivity contribution in [2.75, 3.05) is 4.90 Å². The Morgan fingerprint density at radius 3 is 1.60 bits per heavy atom. The molecule has 308 valence electrons. The van der Waals surface area contributed by atoms with Gasteiger partial charge in [-0.1, -0.05) is 203 Å². The van der Waals surface area contributed by atoms with Crippen LogP contribution in [0, 0.1) is 0 Å². The van der Waals surface area contributed by atoms with Gasteiger partial charge in [0.1, 0.15) is 11.2 Å². The fourth-order valence-corrected chi connectivity index (χ4v) is 11.3. The third kappa shape index (κ3) is 5.47. The summed E-state index contributed by atoms with van der Waals surface area (Å²) < 4.78 is 6.82. The molecule has 2 heteroatoms. The molecule has 0 fully saturated rings. The van der Waals surface area contributed by atoms with E-state index in [0.717, 1.165) is 50.1 Å². The fraction of sp³-hybridized carbons (Fsp3) is 0.0794. The van der Waals surface area contributed by atoms with Gasteiger partial charge >= 0.3 is 0 Å². The molecule has 0 unspecified atom stereocenters. The highest BCUT2D eigenvalue weighted by atomic mass is 16.3. The van der Waals surface area contributed by atoms with E-state index in [-0.39, 0.29) is 5.41 Å². The first kappa shape index (κ1) is 37.6. The lowest BCUT2D eigenvalue weighted by atomic mass is 9.70. The molecular formula is C63H45NO. The maximum atomic E-state index is 6.82. The summed E-state index contributed by atoms with van der Waals surface area (Å²) in [6, 6.07) is 80.9. The van der Waals surface area contributed by atoms with Crippen LogP contribution < -0.4 is 4.90 Å². The normalized spacial score (nSPS) is 13.3. The zero-order valence-corrected chi connectivity index (χ0v) is 36.6. The highest BCUT2D eigenvalue weighted by Crippen LogP contribution is 2.63. The van der Waals surface area contributed by atoms with E-state index in [1.165, 1.54) is 72.0 Å². The highest BCUT2D eigenvalue weighted by molar-refractivity contribution is 6.15. The zero-order chi connectivity index (χ0) is 43.4. The number of fused-ring (bicyclic) bond motifs is 14. The molecule has 13 rings (SSSR count). The number of nitrogens with zero attached hydrogens (tertiary/aromatic N) is 1. The second-order valence-electron chi connectivity index (χ2n) is 18.8. The Hall–Kier alpha value is -7.94. The molecule has 0 radical (unpaired) electrons. The van der Waals surface area contributed by atoms with E-state index in [2.05, 4.69) is 244 Å². The van der Waals surface area contributed by atoms with E-state index >= 15 is 0 Å². The topological polar surface area (TPSA) is 16.4 Å². The summed E-state index contributed by atoms with van der Waals surface area (Å²) in [5.74, 6) is 0. The van der Waals surface area contributed by atoms with Gasteiger partial charge in [-0.15, -0.1) is 0 Å². The third-order valence-corrected chi connectivity index (χ3v) is 14.3. The Kier molecular flexibility index (Phi) is 8.12. The summed E-state index contributed by atoms with van der Waals surface area (Å²) in [5.41, 5.74) is 21.1. The minimum atomic E-state index is -0.419. The summed E-state index contributed by atoms with van der Waals surface area (Å²) in [6.45, 7) is 6.80. The van der Waals surface area contributed by atoms with Crippen molar-refractivity contribution in [1.82, 2.24) is 0 Å². The van der Waals surface area contributed by atoms with Gasteiger partial charge in [0.15, 0.2) is 0 Å². The number of benzene rings is 10. The first-order valence-corrected chi connectivity index (χ1v) is 22.8. The zero-order valence-electron chi connectivity index (χ0n) is 36.6. The van der Waals surface area contributed by atoms with Crippen LogP contribution in [0.1, 0.15) is 48.6 Å². The van der Waals surface area contributed by atoms with Crippen LogP contribution in [-0.2, 0) is 10.8 Å². The van der Waals surface area contributed by atoms with Gasteiger partial charge in [-0.05, 0) is 114 Å². The van der Waals surface area contributed by atoms with Gasteiger partial charge in [-0.3, -0.25) is 0 Å². The van der Waals surface area contributed by atoms with Crippen molar-refractivity contribution in [1.29, 1.82) is 0 Å². The minimum absolute atomic E-state index is 0.0910. The van der Waals surface area contributed by atoms with Crippen molar-refractivity contribution in [3.63, 3.8) is 0 Å². The second kappa shape index (κ2) is 14.0. The van der Waals surface area contributed by atoms with Crippen molar-refractivity contribution in [2.24, 2.45) is 0 Å². The quantitative estimate of drug-likeness (QED) is 0.172. The molecule has 1 aromatic heterocycles. The van der Waals surface area contributed by atoms with Crippen LogP contribution in [0.5, 0.6) is 0 Å². The van der Waals surface area contributed by atoms with Gasteiger partial charge in [-0.2, -0.15) is 0 Å². The van der Waals surface area contributed by atoms with Crippen molar-refractivity contribution < 1.29 is 4.42 Å². The first-order chi connectivity index (χ1) is 31.9. The summed E-state index contributed by atoms with van der Waals surface area (Å²) in [5, 5.41) is 4.58. The number of hydrogen-bond acceptors (Lipinski definition) is 2. The SMILES string of the molecule is CC(C)(C)c1ccc(-c2ccc(N(c3ccc4c(c3)-c3ccccc3C43c4ccccc4-c4ccccc43)c3ccc4ccccc4c3-c3cccc4c3oc3ccccc34)cc2)cc1.